The minimum atomic E-state index is -0.419. The molecule has 0 radical (unpaired) electrons. The minimum absolute atomic E-state index is 0.230. The molecule has 0 aromatic heterocycles. The highest BCUT2D eigenvalue weighted by Crippen LogP contribution is 2.15. The van der Waals surface area contributed by atoms with Gasteiger partial charge in [0.2, 0.25) is 11.8 Å². The lowest BCUT2D eigenvalue weighted by Crippen LogP contribution is -2.49. The number of amides is 2. The van der Waals surface area contributed by atoms with Crippen LogP contribution in [0, 0.1) is 0 Å². The maximum Gasteiger partial charge on any atom is 0.249 e. The summed E-state index contributed by atoms with van der Waals surface area (Å²) in [6.45, 7) is 3.90. The fourth-order valence-corrected chi connectivity index (χ4v) is 1.89. The quantitative estimate of drug-likeness (QED) is 0.355. The van der Waals surface area contributed by atoms with Crippen LogP contribution >= 0.6 is 0 Å². The van der Waals surface area contributed by atoms with E-state index in [1.807, 2.05) is 24.3 Å². The molecule has 19 heavy (non-hydrogen) atoms. The molecule has 1 atom stereocenters. The molecule has 1 unspecified atom stereocenters. The highest BCUT2D eigenvalue weighted by atomic mass is 16.2. The van der Waals surface area contributed by atoms with Crippen LogP contribution in [-0.2, 0) is 9.59 Å². The van der Waals surface area contributed by atoms with Crippen LogP contribution in [0.4, 0.5) is 5.69 Å². The van der Waals surface area contributed by atoms with Crippen LogP contribution in [0.15, 0.2) is 30.8 Å². The molecule has 5 N–H and O–H groups in total. The third-order valence-electron chi connectivity index (χ3n) is 2.99. The Labute approximate surface area is 111 Å². The molecule has 0 saturated carbocycles. The van der Waals surface area contributed by atoms with Crippen LogP contribution in [0.25, 0.3) is 5.70 Å². The summed E-state index contributed by atoms with van der Waals surface area (Å²) in [6, 6.07) is 6.89. The number of carbonyl (C=O) groups excluding carboxylic acids is 2. The average molecular weight is 260 g/mol. The average Bonchev–Trinajstić information content (AvgIpc) is 2.42. The Morgan fingerprint density at radius 2 is 2.00 bits per heavy atom. The zero-order chi connectivity index (χ0) is 13.8. The molecule has 1 aromatic carbocycles. The fraction of sp³-hybridized carbons (Fsp3) is 0.231. The van der Waals surface area contributed by atoms with E-state index >= 15 is 0 Å². The van der Waals surface area contributed by atoms with E-state index in [0.717, 1.165) is 11.3 Å². The first-order valence-corrected chi connectivity index (χ1v) is 5.96. The van der Waals surface area contributed by atoms with Crippen molar-refractivity contribution in [2.75, 3.05) is 5.43 Å². The Hall–Kier alpha value is -2.34. The molecule has 1 saturated heterocycles. The van der Waals surface area contributed by atoms with E-state index in [4.69, 9.17) is 5.84 Å². The van der Waals surface area contributed by atoms with Crippen molar-refractivity contribution in [3.8, 4) is 0 Å². The second-order valence-corrected chi connectivity index (χ2v) is 4.35. The topological polar surface area (TPSA) is 96.2 Å². The van der Waals surface area contributed by atoms with Crippen molar-refractivity contribution in [2.24, 2.45) is 5.84 Å². The second-order valence-electron chi connectivity index (χ2n) is 4.35. The summed E-state index contributed by atoms with van der Waals surface area (Å²) in [5, 5.41) is 5.33. The molecule has 100 valence electrons. The predicted octanol–water partition coefficient (Wildman–Crippen LogP) is 0.338. The molecule has 1 aliphatic heterocycles. The van der Waals surface area contributed by atoms with Crippen LogP contribution < -0.4 is 21.9 Å². The van der Waals surface area contributed by atoms with Gasteiger partial charge in [0.15, 0.2) is 0 Å². The van der Waals surface area contributed by atoms with E-state index in [1.54, 1.807) is 0 Å². The third kappa shape index (κ3) is 3.11. The number of nitrogen functional groups attached to an aromatic ring is 1. The first kappa shape index (κ1) is 13.1. The molecule has 6 nitrogen and oxygen atoms in total. The van der Waals surface area contributed by atoms with Crippen molar-refractivity contribution in [2.45, 2.75) is 18.9 Å². The summed E-state index contributed by atoms with van der Waals surface area (Å²) >= 11 is 0. The van der Waals surface area contributed by atoms with E-state index in [9.17, 15) is 9.59 Å². The van der Waals surface area contributed by atoms with E-state index in [-0.39, 0.29) is 11.8 Å². The largest absolute Gasteiger partial charge is 0.374 e. The molecule has 6 heteroatoms. The highest BCUT2D eigenvalue weighted by Gasteiger charge is 2.26. The molecule has 0 bridgehead atoms. The van der Waals surface area contributed by atoms with Crippen LogP contribution in [0.1, 0.15) is 18.4 Å². The maximum atomic E-state index is 11.6. The lowest BCUT2D eigenvalue weighted by atomic mass is 10.0. The van der Waals surface area contributed by atoms with E-state index in [0.29, 0.717) is 18.5 Å². The Bertz CT molecular complexity index is 510. The third-order valence-corrected chi connectivity index (χ3v) is 2.99. The zero-order valence-electron chi connectivity index (χ0n) is 10.4. The van der Waals surface area contributed by atoms with Crippen molar-refractivity contribution >= 4 is 23.2 Å². The number of anilines is 1. The van der Waals surface area contributed by atoms with Crippen LogP contribution in [0.3, 0.4) is 0 Å². The van der Waals surface area contributed by atoms with Crippen molar-refractivity contribution in [1.82, 2.24) is 10.6 Å². The van der Waals surface area contributed by atoms with Gasteiger partial charge in [0.25, 0.3) is 0 Å². The summed E-state index contributed by atoms with van der Waals surface area (Å²) in [6.07, 6.45) is 0.818. The lowest BCUT2D eigenvalue weighted by Gasteiger charge is -2.23. The molecule has 1 fully saturated rings. The Balaban J connectivity index is 2.00. The molecule has 0 aliphatic carbocycles. The number of hydrazine groups is 1. The number of nitrogens with two attached hydrogens (primary N) is 1. The summed E-state index contributed by atoms with van der Waals surface area (Å²) in [4.78, 5) is 22.7. The zero-order valence-corrected chi connectivity index (χ0v) is 10.4. The molecule has 2 amide bonds. The van der Waals surface area contributed by atoms with Gasteiger partial charge >= 0.3 is 0 Å². The SMILES string of the molecule is C=C(NC1CCC(=O)NC1=O)c1ccc(NN)cc1. The van der Waals surface area contributed by atoms with E-state index < -0.39 is 6.04 Å². The van der Waals surface area contributed by atoms with Crippen molar-refractivity contribution in [1.29, 1.82) is 0 Å². The second kappa shape index (κ2) is 5.53. The molecule has 1 aliphatic rings. The normalized spacial score (nSPS) is 18.7. The van der Waals surface area contributed by atoms with Crippen LogP contribution in [0.2, 0.25) is 0 Å². The van der Waals surface area contributed by atoms with Crippen molar-refractivity contribution < 1.29 is 9.59 Å². The number of hydrogen-bond acceptors (Lipinski definition) is 5. The van der Waals surface area contributed by atoms with Gasteiger partial charge in [-0.05, 0) is 24.1 Å². The van der Waals surface area contributed by atoms with Gasteiger partial charge in [0.05, 0.1) is 0 Å². The first-order chi connectivity index (χ1) is 9.10. The Kier molecular flexibility index (Phi) is 3.82. The fourth-order valence-electron chi connectivity index (χ4n) is 1.89. The number of benzene rings is 1. The van der Waals surface area contributed by atoms with E-state index in [2.05, 4.69) is 22.6 Å². The summed E-state index contributed by atoms with van der Waals surface area (Å²) < 4.78 is 0. The van der Waals surface area contributed by atoms with Crippen molar-refractivity contribution in [3.05, 3.63) is 36.4 Å². The summed E-state index contributed by atoms with van der Waals surface area (Å²) in [5.41, 5.74) is 4.83. The van der Waals surface area contributed by atoms with Crippen LogP contribution in [0.5, 0.6) is 0 Å². The maximum absolute atomic E-state index is 11.6. The lowest BCUT2D eigenvalue weighted by molar-refractivity contribution is -0.134. The number of piperidine rings is 1. The Morgan fingerprint density at radius 1 is 1.32 bits per heavy atom. The number of imide groups is 1. The number of nitrogens with one attached hydrogen (secondary N) is 3. The van der Waals surface area contributed by atoms with Crippen molar-refractivity contribution in [3.63, 3.8) is 0 Å². The molecule has 0 spiro atoms. The van der Waals surface area contributed by atoms with Gasteiger partial charge in [0, 0.05) is 17.8 Å². The Morgan fingerprint density at radius 3 is 2.58 bits per heavy atom. The minimum Gasteiger partial charge on any atom is -0.374 e. The molecule has 2 rings (SSSR count). The standard InChI is InChI=1S/C13H16N4O2/c1-8(9-2-4-10(17-14)5-3-9)15-11-6-7-12(18)16-13(11)19/h2-5,11,15,17H,1,6-7,14H2,(H,16,18,19). The van der Waals surface area contributed by atoms with Gasteiger partial charge in [-0.3, -0.25) is 20.7 Å². The number of carbonyl (C=O) groups is 2. The first-order valence-electron chi connectivity index (χ1n) is 5.96. The molecular formula is C13H16N4O2. The smallest absolute Gasteiger partial charge is 0.249 e. The predicted molar refractivity (Wildman–Crippen MR) is 72.6 cm³/mol. The molecular weight excluding hydrogens is 244 g/mol. The van der Waals surface area contributed by atoms with Gasteiger partial charge < -0.3 is 10.7 Å². The van der Waals surface area contributed by atoms with E-state index in [1.165, 1.54) is 0 Å². The molecule has 1 heterocycles. The number of hydrogen-bond donors (Lipinski definition) is 4. The summed E-state index contributed by atoms with van der Waals surface area (Å²) in [5.74, 6) is 4.75. The van der Waals surface area contributed by atoms with Gasteiger partial charge in [-0.25, -0.2) is 0 Å². The van der Waals surface area contributed by atoms with Gasteiger partial charge in [-0.15, -0.1) is 0 Å². The monoisotopic (exact) mass is 260 g/mol. The van der Waals surface area contributed by atoms with Gasteiger partial charge in [0.1, 0.15) is 6.04 Å². The number of rotatable bonds is 4. The highest BCUT2D eigenvalue weighted by molar-refractivity contribution is 6.00. The van der Waals surface area contributed by atoms with Gasteiger partial charge in [-0.2, -0.15) is 0 Å². The van der Waals surface area contributed by atoms with Crippen LogP contribution in [-0.4, -0.2) is 17.9 Å². The molecule has 1 aromatic rings. The van der Waals surface area contributed by atoms with Gasteiger partial charge in [-0.1, -0.05) is 18.7 Å². The summed E-state index contributed by atoms with van der Waals surface area (Å²) in [7, 11) is 0.